The summed E-state index contributed by atoms with van der Waals surface area (Å²) in [5.74, 6) is 0. The highest BCUT2D eigenvalue weighted by atomic mass is 127. The topological polar surface area (TPSA) is 32.3 Å². The van der Waals surface area contributed by atoms with Crippen LogP contribution in [0.15, 0.2) is 24.3 Å². The third-order valence-electron chi connectivity index (χ3n) is 1.93. The van der Waals surface area contributed by atoms with Crippen molar-refractivity contribution >= 4 is 22.6 Å². The molecule has 1 aromatic carbocycles. The van der Waals surface area contributed by atoms with E-state index < -0.39 is 0 Å². The van der Waals surface area contributed by atoms with Crippen LogP contribution >= 0.6 is 22.6 Å². The van der Waals surface area contributed by atoms with Crippen LogP contribution in [0.4, 0.5) is 0 Å². The molecule has 0 saturated heterocycles. The lowest BCUT2D eigenvalue weighted by atomic mass is 10.1. The Balaban J connectivity index is 2.55. The van der Waals surface area contributed by atoms with Crippen LogP contribution in [0.3, 0.4) is 0 Å². The fourth-order valence-corrected chi connectivity index (χ4v) is 1.51. The molecule has 0 fully saturated rings. The van der Waals surface area contributed by atoms with Crippen LogP contribution in [-0.4, -0.2) is 18.3 Å². The molecule has 2 N–H and O–H groups in total. The third kappa shape index (κ3) is 3.62. The Morgan fingerprint density at radius 1 is 1.38 bits per heavy atom. The molecule has 3 heteroatoms. The van der Waals surface area contributed by atoms with Crippen LogP contribution in [0, 0.1) is 3.57 Å². The number of rotatable bonds is 4. The summed E-state index contributed by atoms with van der Waals surface area (Å²) in [5, 5.41) is 11.9. The maximum Gasteiger partial charge on any atom is 0.0556 e. The van der Waals surface area contributed by atoms with Gasteiger partial charge in [0.25, 0.3) is 0 Å². The van der Waals surface area contributed by atoms with Gasteiger partial charge < -0.3 is 10.4 Å². The standard InChI is InChI=1S/C10H14INO/c1-8(12-6-7-13)9-2-4-10(11)5-3-9/h2-5,8,12-13H,6-7H2,1H3/t8-/m1/s1. The normalized spacial score (nSPS) is 12.8. The van der Waals surface area contributed by atoms with Gasteiger partial charge in [0.1, 0.15) is 0 Å². The Morgan fingerprint density at radius 3 is 2.54 bits per heavy atom. The largest absolute Gasteiger partial charge is 0.395 e. The molecule has 0 aliphatic carbocycles. The first-order chi connectivity index (χ1) is 6.24. The molecular weight excluding hydrogens is 277 g/mol. The van der Waals surface area contributed by atoms with Gasteiger partial charge in [-0.1, -0.05) is 12.1 Å². The third-order valence-corrected chi connectivity index (χ3v) is 2.65. The molecule has 72 valence electrons. The molecule has 0 aliphatic rings. The van der Waals surface area contributed by atoms with E-state index in [-0.39, 0.29) is 6.61 Å². The second-order valence-electron chi connectivity index (χ2n) is 2.95. The smallest absolute Gasteiger partial charge is 0.0556 e. The maximum absolute atomic E-state index is 8.64. The molecule has 1 aromatic rings. The van der Waals surface area contributed by atoms with Gasteiger partial charge in [0.2, 0.25) is 0 Å². The molecule has 2 nitrogen and oxygen atoms in total. The minimum atomic E-state index is 0.189. The van der Waals surface area contributed by atoms with Crippen molar-refractivity contribution in [3.05, 3.63) is 33.4 Å². The number of nitrogens with one attached hydrogen (secondary N) is 1. The summed E-state index contributed by atoms with van der Waals surface area (Å²) in [6.07, 6.45) is 0. The van der Waals surface area contributed by atoms with Crippen molar-refractivity contribution in [2.24, 2.45) is 0 Å². The SMILES string of the molecule is C[C@@H](NCCO)c1ccc(I)cc1. The van der Waals surface area contributed by atoms with E-state index in [0.717, 1.165) is 0 Å². The van der Waals surface area contributed by atoms with Crippen molar-refractivity contribution in [2.75, 3.05) is 13.2 Å². The Labute approximate surface area is 92.5 Å². The summed E-state index contributed by atoms with van der Waals surface area (Å²) < 4.78 is 1.25. The first-order valence-corrected chi connectivity index (χ1v) is 5.41. The molecule has 0 radical (unpaired) electrons. The number of aliphatic hydroxyl groups is 1. The van der Waals surface area contributed by atoms with Crippen LogP contribution in [-0.2, 0) is 0 Å². The monoisotopic (exact) mass is 291 g/mol. The molecule has 0 saturated carbocycles. The van der Waals surface area contributed by atoms with Gasteiger partial charge in [0.05, 0.1) is 6.61 Å². The van der Waals surface area contributed by atoms with E-state index in [1.165, 1.54) is 9.13 Å². The zero-order chi connectivity index (χ0) is 9.68. The van der Waals surface area contributed by atoms with E-state index in [1.807, 2.05) is 0 Å². The van der Waals surface area contributed by atoms with Gasteiger partial charge >= 0.3 is 0 Å². The van der Waals surface area contributed by atoms with E-state index in [0.29, 0.717) is 12.6 Å². The Morgan fingerprint density at radius 2 is 2.00 bits per heavy atom. The molecule has 1 atom stereocenters. The Bertz CT molecular complexity index is 248. The number of halogens is 1. The van der Waals surface area contributed by atoms with Crippen molar-refractivity contribution in [1.29, 1.82) is 0 Å². The van der Waals surface area contributed by atoms with E-state index in [9.17, 15) is 0 Å². The van der Waals surface area contributed by atoms with E-state index >= 15 is 0 Å². The molecule has 0 spiro atoms. The van der Waals surface area contributed by atoms with Gasteiger partial charge in [0.15, 0.2) is 0 Å². The molecule has 1 rings (SSSR count). The predicted molar refractivity (Wildman–Crippen MR) is 62.7 cm³/mol. The summed E-state index contributed by atoms with van der Waals surface area (Å²) >= 11 is 2.29. The summed E-state index contributed by atoms with van der Waals surface area (Å²) in [6, 6.07) is 8.71. The fraction of sp³-hybridized carbons (Fsp3) is 0.400. The number of benzene rings is 1. The van der Waals surface area contributed by atoms with Crippen LogP contribution in [0.2, 0.25) is 0 Å². The second-order valence-corrected chi connectivity index (χ2v) is 4.20. The first-order valence-electron chi connectivity index (χ1n) is 4.33. The van der Waals surface area contributed by atoms with Gasteiger partial charge in [-0.05, 0) is 47.2 Å². The fourth-order valence-electron chi connectivity index (χ4n) is 1.15. The van der Waals surface area contributed by atoms with Crippen molar-refractivity contribution in [3.63, 3.8) is 0 Å². The number of hydrogen-bond acceptors (Lipinski definition) is 2. The Kier molecular flexibility index (Phi) is 4.69. The molecule has 0 bridgehead atoms. The van der Waals surface area contributed by atoms with Crippen LogP contribution < -0.4 is 5.32 Å². The van der Waals surface area contributed by atoms with Crippen molar-refractivity contribution < 1.29 is 5.11 Å². The summed E-state index contributed by atoms with van der Waals surface area (Å²) in [5.41, 5.74) is 1.26. The molecule has 0 aromatic heterocycles. The van der Waals surface area contributed by atoms with Gasteiger partial charge in [-0.25, -0.2) is 0 Å². The zero-order valence-corrected chi connectivity index (χ0v) is 9.78. The average molecular weight is 291 g/mol. The van der Waals surface area contributed by atoms with Crippen LogP contribution in [0.5, 0.6) is 0 Å². The molecule has 0 amide bonds. The molecule has 0 unspecified atom stereocenters. The molecular formula is C10H14INO. The van der Waals surface area contributed by atoms with Gasteiger partial charge in [-0.15, -0.1) is 0 Å². The van der Waals surface area contributed by atoms with E-state index in [2.05, 4.69) is 59.1 Å². The lowest BCUT2D eigenvalue weighted by Gasteiger charge is -2.12. The maximum atomic E-state index is 8.64. The minimum Gasteiger partial charge on any atom is -0.395 e. The lowest BCUT2D eigenvalue weighted by molar-refractivity contribution is 0.286. The number of hydrogen-bond donors (Lipinski definition) is 2. The van der Waals surface area contributed by atoms with Crippen molar-refractivity contribution in [1.82, 2.24) is 5.32 Å². The molecule has 0 heterocycles. The van der Waals surface area contributed by atoms with Crippen molar-refractivity contribution in [2.45, 2.75) is 13.0 Å². The quantitative estimate of drug-likeness (QED) is 0.831. The molecule has 13 heavy (non-hydrogen) atoms. The predicted octanol–water partition coefficient (Wildman–Crippen LogP) is 1.93. The summed E-state index contributed by atoms with van der Waals surface area (Å²) in [6.45, 7) is 2.93. The number of aliphatic hydroxyl groups excluding tert-OH is 1. The highest BCUT2D eigenvalue weighted by Crippen LogP contribution is 2.13. The van der Waals surface area contributed by atoms with E-state index in [4.69, 9.17) is 5.11 Å². The van der Waals surface area contributed by atoms with Gasteiger partial charge in [-0.2, -0.15) is 0 Å². The Hall–Kier alpha value is -0.130. The average Bonchev–Trinajstić information content (AvgIpc) is 2.15. The minimum absolute atomic E-state index is 0.189. The van der Waals surface area contributed by atoms with Crippen molar-refractivity contribution in [3.8, 4) is 0 Å². The summed E-state index contributed by atoms with van der Waals surface area (Å²) in [7, 11) is 0. The van der Waals surface area contributed by atoms with Crippen LogP contribution in [0.1, 0.15) is 18.5 Å². The van der Waals surface area contributed by atoms with Gasteiger partial charge in [-0.3, -0.25) is 0 Å². The summed E-state index contributed by atoms with van der Waals surface area (Å²) in [4.78, 5) is 0. The highest BCUT2D eigenvalue weighted by molar-refractivity contribution is 14.1. The highest BCUT2D eigenvalue weighted by Gasteiger charge is 2.02. The van der Waals surface area contributed by atoms with Gasteiger partial charge in [0, 0.05) is 16.2 Å². The zero-order valence-electron chi connectivity index (χ0n) is 7.63. The van der Waals surface area contributed by atoms with E-state index in [1.54, 1.807) is 0 Å². The van der Waals surface area contributed by atoms with Crippen LogP contribution in [0.25, 0.3) is 0 Å². The second kappa shape index (κ2) is 5.57. The lowest BCUT2D eigenvalue weighted by Crippen LogP contribution is -2.21. The first kappa shape index (κ1) is 10.9. The molecule has 0 aliphatic heterocycles.